The molecule has 1 aromatic carbocycles. The van der Waals surface area contributed by atoms with Gasteiger partial charge < -0.3 is 29.7 Å². The zero-order valence-electron chi connectivity index (χ0n) is 30.2. The molecular weight excluding hydrogens is 687 g/mol. The summed E-state index contributed by atoms with van der Waals surface area (Å²) in [7, 11) is 1.08. The van der Waals surface area contributed by atoms with E-state index in [0.29, 0.717) is 37.0 Å². The summed E-state index contributed by atoms with van der Waals surface area (Å²) < 4.78 is 52.4. The molecule has 52 heavy (non-hydrogen) atoms. The Morgan fingerprint density at radius 1 is 0.942 bits per heavy atom. The Labute approximate surface area is 303 Å². The predicted octanol–water partition coefficient (Wildman–Crippen LogP) is 6.04. The van der Waals surface area contributed by atoms with Gasteiger partial charge in [0.2, 0.25) is 5.91 Å². The van der Waals surface area contributed by atoms with Gasteiger partial charge in [-0.05, 0) is 50.3 Å². The van der Waals surface area contributed by atoms with Gasteiger partial charge in [-0.25, -0.2) is 14.4 Å². The van der Waals surface area contributed by atoms with Gasteiger partial charge in [-0.2, -0.15) is 13.2 Å². The van der Waals surface area contributed by atoms with Crippen LogP contribution in [0.2, 0.25) is 0 Å². The van der Waals surface area contributed by atoms with Crippen LogP contribution in [-0.4, -0.2) is 78.0 Å². The Bertz CT molecular complexity index is 1370. The standard InChI is InChI=1S/C38H52F3NO10/c1-4-6-8-11-14-17-29(43)18-15-12-9-10-13-16-19-31(37(49,35(46)47)24-26-52-36(48)38(39,40)41)33(44)42-32(34(45)50-3)27-28-20-22-30(23-21-28)51-25-7-5-2/h16,19-23,31-32,49H,4,6,8-15,17-18,24-27H2,1-3H3,(H,42,44)(H,46,47)/t31-,32+,37+/m1/s1. The number of aliphatic carboxylic acids is 1. The number of carboxylic acids is 1. The lowest BCUT2D eigenvalue weighted by Gasteiger charge is -2.31. The van der Waals surface area contributed by atoms with Crippen molar-refractivity contribution >= 4 is 29.6 Å². The minimum absolute atomic E-state index is 0.111. The molecule has 0 radical (unpaired) electrons. The molecule has 1 aromatic rings. The summed E-state index contributed by atoms with van der Waals surface area (Å²) in [4.78, 5) is 62.0. The molecule has 0 fully saturated rings. The molecule has 0 heterocycles. The van der Waals surface area contributed by atoms with Crippen LogP contribution in [0.15, 0.2) is 36.4 Å². The Morgan fingerprint density at radius 2 is 1.56 bits per heavy atom. The van der Waals surface area contributed by atoms with Crippen LogP contribution in [0.4, 0.5) is 13.2 Å². The zero-order chi connectivity index (χ0) is 39.0. The number of halogens is 3. The van der Waals surface area contributed by atoms with Crippen molar-refractivity contribution in [3.05, 3.63) is 42.0 Å². The molecular formula is C38H52F3NO10. The number of esters is 2. The topological polar surface area (TPSA) is 166 Å². The van der Waals surface area contributed by atoms with Gasteiger partial charge in [-0.15, -0.1) is 5.92 Å². The van der Waals surface area contributed by atoms with E-state index in [1.807, 2.05) is 0 Å². The number of benzene rings is 1. The molecule has 1 amide bonds. The number of Topliss-reactive ketones (excluding diaryl/α,β-unsaturated/α-hetero) is 1. The molecule has 0 bridgehead atoms. The van der Waals surface area contributed by atoms with Crippen molar-refractivity contribution in [3.8, 4) is 17.6 Å². The molecule has 0 saturated carbocycles. The van der Waals surface area contributed by atoms with Gasteiger partial charge in [0.15, 0.2) is 5.60 Å². The van der Waals surface area contributed by atoms with Crippen LogP contribution < -0.4 is 10.1 Å². The van der Waals surface area contributed by atoms with Crippen molar-refractivity contribution in [2.45, 2.75) is 122 Å². The van der Waals surface area contributed by atoms with E-state index in [4.69, 9.17) is 9.47 Å². The van der Waals surface area contributed by atoms with Crippen LogP contribution in [0, 0.1) is 17.8 Å². The number of carbonyl (C=O) groups is 5. The first-order chi connectivity index (χ1) is 24.7. The number of alkyl halides is 3. The number of ketones is 1. The Kier molecular flexibility index (Phi) is 21.7. The summed E-state index contributed by atoms with van der Waals surface area (Å²) in [6.07, 6.45) is 5.59. The summed E-state index contributed by atoms with van der Waals surface area (Å²) in [5, 5.41) is 23.6. The minimum atomic E-state index is -5.36. The highest BCUT2D eigenvalue weighted by Gasteiger charge is 2.48. The first-order valence-corrected chi connectivity index (χ1v) is 17.6. The second kappa shape index (κ2) is 24.7. The lowest BCUT2D eigenvalue weighted by molar-refractivity contribution is -0.201. The zero-order valence-corrected chi connectivity index (χ0v) is 30.2. The Balaban J connectivity index is 3.04. The van der Waals surface area contributed by atoms with E-state index < -0.39 is 60.6 Å². The SMILES string of the molecule is CC#CCOc1ccc(C[C@H](NC(=O)[C@@H](C=CCCCCCCC(=O)CCCCCCC)[C@@](O)(CCOC(=O)C(F)(F)F)C(=O)O)C(=O)OC)cc1. The van der Waals surface area contributed by atoms with Gasteiger partial charge >= 0.3 is 24.1 Å². The third-order valence-corrected chi connectivity index (χ3v) is 8.23. The normalized spacial score (nSPS) is 13.6. The van der Waals surface area contributed by atoms with Gasteiger partial charge in [-0.1, -0.05) is 75.7 Å². The fourth-order valence-corrected chi connectivity index (χ4v) is 5.21. The monoisotopic (exact) mass is 739 g/mol. The van der Waals surface area contributed by atoms with E-state index in [-0.39, 0.29) is 18.8 Å². The number of nitrogens with one attached hydrogen (secondary N) is 1. The van der Waals surface area contributed by atoms with Crippen LogP contribution in [0.5, 0.6) is 5.75 Å². The van der Waals surface area contributed by atoms with Gasteiger partial charge in [0, 0.05) is 25.7 Å². The molecule has 0 aromatic heterocycles. The second-order valence-corrected chi connectivity index (χ2v) is 12.3. The molecule has 0 aliphatic rings. The number of allylic oxidation sites excluding steroid dienone is 1. The fraction of sp³-hybridized carbons (Fsp3) is 0.605. The smallest absolute Gasteiger partial charge is 0.481 e. The number of unbranched alkanes of at least 4 members (excludes halogenated alkanes) is 8. The van der Waals surface area contributed by atoms with Crippen molar-refractivity contribution in [2.24, 2.45) is 5.92 Å². The van der Waals surface area contributed by atoms with Crippen LogP contribution in [0.1, 0.15) is 103 Å². The molecule has 0 spiro atoms. The largest absolute Gasteiger partial charge is 0.490 e. The molecule has 0 saturated heterocycles. The molecule has 14 heteroatoms. The number of rotatable bonds is 26. The first-order valence-electron chi connectivity index (χ1n) is 17.6. The number of carbonyl (C=O) groups excluding carboxylic acids is 4. The van der Waals surface area contributed by atoms with E-state index in [0.717, 1.165) is 64.6 Å². The van der Waals surface area contributed by atoms with Crippen molar-refractivity contribution in [3.63, 3.8) is 0 Å². The predicted molar refractivity (Wildman–Crippen MR) is 186 cm³/mol. The molecule has 1 rings (SSSR count). The third kappa shape index (κ3) is 17.7. The summed E-state index contributed by atoms with van der Waals surface area (Å²) in [6.45, 7) is 2.79. The Hall–Kier alpha value is -4.38. The van der Waals surface area contributed by atoms with E-state index in [1.54, 1.807) is 31.2 Å². The average molecular weight is 740 g/mol. The number of hydrogen-bond acceptors (Lipinski definition) is 9. The number of hydrogen-bond donors (Lipinski definition) is 3. The minimum Gasteiger partial charge on any atom is -0.481 e. The lowest BCUT2D eigenvalue weighted by Crippen LogP contribution is -2.55. The molecule has 290 valence electrons. The van der Waals surface area contributed by atoms with Crippen LogP contribution in [-0.2, 0) is 39.9 Å². The summed E-state index contributed by atoms with van der Waals surface area (Å²) in [6, 6.07) is 5.13. The van der Waals surface area contributed by atoms with Gasteiger partial charge in [0.1, 0.15) is 24.2 Å². The molecule has 3 N–H and O–H groups in total. The number of aliphatic hydroxyl groups is 1. The van der Waals surface area contributed by atoms with Crippen molar-refractivity contribution < 1.29 is 61.6 Å². The number of methoxy groups -OCH3 is 1. The maximum Gasteiger partial charge on any atom is 0.490 e. The molecule has 11 nitrogen and oxygen atoms in total. The van der Waals surface area contributed by atoms with E-state index >= 15 is 0 Å². The summed E-state index contributed by atoms with van der Waals surface area (Å²) >= 11 is 0. The van der Waals surface area contributed by atoms with Crippen molar-refractivity contribution in [2.75, 3.05) is 20.3 Å². The molecule has 0 unspecified atom stereocenters. The summed E-state index contributed by atoms with van der Waals surface area (Å²) in [5.74, 6) is -2.33. The highest BCUT2D eigenvalue weighted by molar-refractivity contribution is 5.93. The maximum atomic E-state index is 13.6. The van der Waals surface area contributed by atoms with Crippen LogP contribution >= 0.6 is 0 Å². The second-order valence-electron chi connectivity index (χ2n) is 12.3. The highest BCUT2D eigenvalue weighted by Crippen LogP contribution is 2.27. The van der Waals surface area contributed by atoms with Crippen LogP contribution in [0.3, 0.4) is 0 Å². The van der Waals surface area contributed by atoms with Gasteiger partial charge in [0.05, 0.1) is 19.6 Å². The highest BCUT2D eigenvalue weighted by atomic mass is 19.4. The number of ether oxygens (including phenoxy) is 3. The molecule has 3 atom stereocenters. The van der Waals surface area contributed by atoms with Gasteiger partial charge in [0.25, 0.3) is 0 Å². The van der Waals surface area contributed by atoms with Gasteiger partial charge in [-0.3, -0.25) is 9.59 Å². The fourth-order valence-electron chi connectivity index (χ4n) is 5.21. The molecule has 0 aliphatic heterocycles. The quantitative estimate of drug-likeness (QED) is 0.0441. The summed E-state index contributed by atoms with van der Waals surface area (Å²) in [5.41, 5.74) is -2.48. The lowest BCUT2D eigenvalue weighted by atomic mass is 9.83. The Morgan fingerprint density at radius 3 is 2.12 bits per heavy atom. The number of amides is 1. The van der Waals surface area contributed by atoms with Crippen molar-refractivity contribution in [1.82, 2.24) is 5.32 Å². The van der Waals surface area contributed by atoms with Crippen molar-refractivity contribution in [1.29, 1.82) is 0 Å². The number of carboxylic acid groups (broad SMARTS) is 1. The van der Waals surface area contributed by atoms with E-state index in [9.17, 15) is 47.4 Å². The third-order valence-electron chi connectivity index (χ3n) is 8.23. The van der Waals surface area contributed by atoms with Crippen LogP contribution in [0.25, 0.3) is 0 Å². The maximum absolute atomic E-state index is 13.6. The van der Waals surface area contributed by atoms with E-state index in [2.05, 4.69) is 28.8 Å². The average Bonchev–Trinajstić information content (AvgIpc) is 3.10. The van der Waals surface area contributed by atoms with E-state index in [1.165, 1.54) is 6.08 Å². The first kappa shape index (κ1) is 45.6. The molecule has 0 aliphatic carbocycles.